The lowest BCUT2D eigenvalue weighted by molar-refractivity contribution is 0.507. The van der Waals surface area contributed by atoms with E-state index in [0.717, 1.165) is 5.92 Å². The molecule has 0 heteroatoms. The van der Waals surface area contributed by atoms with E-state index >= 15 is 0 Å². The fraction of sp³-hybridized carbons (Fsp3) is 0.600. The molecule has 10 heavy (non-hydrogen) atoms. The molecule has 0 unspecified atom stereocenters. The molecule has 0 fully saturated rings. The fourth-order valence-corrected chi connectivity index (χ4v) is 1.66. The lowest BCUT2D eigenvalue weighted by Crippen LogP contribution is -2.05. The summed E-state index contributed by atoms with van der Waals surface area (Å²) in [5, 5.41) is 0. The summed E-state index contributed by atoms with van der Waals surface area (Å²) < 4.78 is 0. The summed E-state index contributed by atoms with van der Waals surface area (Å²) in [5.41, 5.74) is 1.48. The average molecular weight is 136 g/mol. The molecular weight excluding hydrogens is 120 g/mol. The normalized spacial score (nSPS) is 25.7. The van der Waals surface area contributed by atoms with Crippen LogP contribution in [0.25, 0.3) is 0 Å². The minimum absolute atomic E-state index is 0.811. The molecule has 0 aromatic heterocycles. The lowest BCUT2D eigenvalue weighted by Gasteiger charge is -2.19. The Morgan fingerprint density at radius 2 is 2.60 bits per heavy atom. The van der Waals surface area contributed by atoms with Gasteiger partial charge in [0.05, 0.1) is 0 Å². The Hall–Kier alpha value is -0.520. The Labute approximate surface area is 63.6 Å². The smallest absolute Gasteiger partial charge is 0.0168 e. The summed E-state index contributed by atoms with van der Waals surface area (Å²) in [7, 11) is 0. The summed E-state index contributed by atoms with van der Waals surface area (Å²) >= 11 is 0. The van der Waals surface area contributed by atoms with Crippen molar-refractivity contribution in [3.05, 3.63) is 24.3 Å². The first kappa shape index (κ1) is 7.59. The van der Waals surface area contributed by atoms with Crippen LogP contribution in [0.3, 0.4) is 0 Å². The van der Waals surface area contributed by atoms with E-state index in [1.165, 1.54) is 31.3 Å². The van der Waals surface area contributed by atoms with Crippen molar-refractivity contribution in [3.63, 3.8) is 0 Å². The predicted octanol–water partition coefficient (Wildman–Crippen LogP) is 3.31. The van der Waals surface area contributed by atoms with E-state index in [1.54, 1.807) is 0 Å². The zero-order valence-electron chi connectivity index (χ0n) is 6.77. The lowest BCUT2D eigenvalue weighted by atomic mass is 9.86. The molecular formula is C10H16. The molecule has 0 radical (unpaired) electrons. The Morgan fingerprint density at radius 1 is 1.80 bits per heavy atom. The molecule has 0 saturated heterocycles. The molecule has 0 amide bonds. The Bertz CT molecular complexity index is 142. The highest BCUT2D eigenvalue weighted by Crippen LogP contribution is 2.27. The zero-order chi connectivity index (χ0) is 7.40. The van der Waals surface area contributed by atoms with Crippen LogP contribution in [-0.4, -0.2) is 0 Å². The van der Waals surface area contributed by atoms with Gasteiger partial charge in [0.15, 0.2) is 0 Å². The molecule has 0 aromatic carbocycles. The van der Waals surface area contributed by atoms with Crippen molar-refractivity contribution in [2.45, 2.75) is 32.6 Å². The number of allylic oxidation sites excluding steroid dienone is 3. The van der Waals surface area contributed by atoms with Gasteiger partial charge in [-0.05, 0) is 37.2 Å². The summed E-state index contributed by atoms with van der Waals surface area (Å²) in [6.45, 7) is 6.07. The van der Waals surface area contributed by atoms with E-state index in [0.29, 0.717) is 0 Å². The first-order chi connectivity index (χ1) is 4.88. The van der Waals surface area contributed by atoms with E-state index in [2.05, 4.69) is 19.6 Å². The third-order valence-electron chi connectivity index (χ3n) is 2.34. The number of hydrogen-bond acceptors (Lipinski definition) is 0. The van der Waals surface area contributed by atoms with Gasteiger partial charge in [-0.2, -0.15) is 0 Å². The first-order valence-corrected chi connectivity index (χ1v) is 4.21. The maximum Gasteiger partial charge on any atom is -0.0168 e. The van der Waals surface area contributed by atoms with Gasteiger partial charge in [-0.25, -0.2) is 0 Å². The van der Waals surface area contributed by atoms with E-state index in [1.807, 2.05) is 6.08 Å². The van der Waals surface area contributed by atoms with Crippen molar-refractivity contribution in [1.29, 1.82) is 0 Å². The van der Waals surface area contributed by atoms with Gasteiger partial charge in [0.1, 0.15) is 0 Å². The summed E-state index contributed by atoms with van der Waals surface area (Å²) in [6.07, 6.45) is 9.64. The average Bonchev–Trinajstić information content (AvgIpc) is 2.04. The van der Waals surface area contributed by atoms with Gasteiger partial charge in [0.2, 0.25) is 0 Å². The first-order valence-electron chi connectivity index (χ1n) is 4.21. The maximum absolute atomic E-state index is 3.81. The van der Waals surface area contributed by atoms with E-state index < -0.39 is 0 Å². The Morgan fingerprint density at radius 3 is 3.10 bits per heavy atom. The molecule has 0 N–H and O–H groups in total. The van der Waals surface area contributed by atoms with Crippen LogP contribution in [0, 0.1) is 5.92 Å². The molecule has 56 valence electrons. The van der Waals surface area contributed by atoms with Crippen molar-refractivity contribution < 1.29 is 0 Å². The molecule has 1 aliphatic carbocycles. The fourth-order valence-electron chi connectivity index (χ4n) is 1.66. The third-order valence-corrected chi connectivity index (χ3v) is 2.34. The van der Waals surface area contributed by atoms with Crippen LogP contribution in [0.2, 0.25) is 0 Å². The second-order valence-electron chi connectivity index (χ2n) is 2.94. The Kier molecular flexibility index (Phi) is 2.73. The van der Waals surface area contributed by atoms with Crippen LogP contribution in [0.1, 0.15) is 32.6 Å². The summed E-state index contributed by atoms with van der Waals surface area (Å²) in [6, 6.07) is 0. The van der Waals surface area contributed by atoms with Crippen LogP contribution in [0.15, 0.2) is 24.3 Å². The minimum atomic E-state index is 0.811. The van der Waals surface area contributed by atoms with Crippen molar-refractivity contribution in [3.8, 4) is 0 Å². The van der Waals surface area contributed by atoms with Crippen molar-refractivity contribution >= 4 is 0 Å². The molecule has 0 heterocycles. The minimum Gasteiger partial charge on any atom is -0.0988 e. The van der Waals surface area contributed by atoms with Crippen LogP contribution in [-0.2, 0) is 0 Å². The molecule has 0 saturated carbocycles. The second-order valence-corrected chi connectivity index (χ2v) is 2.94. The van der Waals surface area contributed by atoms with Gasteiger partial charge in [0, 0.05) is 0 Å². The van der Waals surface area contributed by atoms with Gasteiger partial charge < -0.3 is 0 Å². The maximum atomic E-state index is 3.81. The SMILES string of the molecule is C=CC1=CCCC[C@H]1CC. The van der Waals surface area contributed by atoms with Crippen LogP contribution in [0.5, 0.6) is 0 Å². The number of hydrogen-bond donors (Lipinski definition) is 0. The quantitative estimate of drug-likeness (QED) is 0.546. The topological polar surface area (TPSA) is 0 Å². The molecule has 0 aliphatic heterocycles. The zero-order valence-corrected chi connectivity index (χ0v) is 6.77. The molecule has 1 atom stereocenters. The molecule has 0 spiro atoms. The van der Waals surface area contributed by atoms with E-state index in [4.69, 9.17) is 0 Å². The highest BCUT2D eigenvalue weighted by atomic mass is 14.2. The third kappa shape index (κ3) is 1.50. The largest absolute Gasteiger partial charge is 0.0988 e. The summed E-state index contributed by atoms with van der Waals surface area (Å²) in [4.78, 5) is 0. The molecule has 1 aliphatic rings. The monoisotopic (exact) mass is 136 g/mol. The Balaban J connectivity index is 2.62. The molecule has 1 rings (SSSR count). The van der Waals surface area contributed by atoms with Gasteiger partial charge in [0.25, 0.3) is 0 Å². The molecule has 0 nitrogen and oxygen atoms in total. The van der Waals surface area contributed by atoms with Gasteiger partial charge in [-0.15, -0.1) is 0 Å². The molecule has 0 bridgehead atoms. The van der Waals surface area contributed by atoms with Gasteiger partial charge >= 0.3 is 0 Å². The van der Waals surface area contributed by atoms with Gasteiger partial charge in [-0.1, -0.05) is 25.7 Å². The van der Waals surface area contributed by atoms with Crippen LogP contribution in [0.4, 0.5) is 0 Å². The van der Waals surface area contributed by atoms with Crippen LogP contribution < -0.4 is 0 Å². The standard InChI is InChI=1S/C10H16/c1-3-9-7-5-6-8-10(9)4-2/h3,7,10H,1,4-6,8H2,2H3/t10-/m1/s1. The predicted molar refractivity (Wildman–Crippen MR) is 45.9 cm³/mol. The van der Waals surface area contributed by atoms with Gasteiger partial charge in [-0.3, -0.25) is 0 Å². The summed E-state index contributed by atoms with van der Waals surface area (Å²) in [5.74, 6) is 0.811. The molecule has 0 aromatic rings. The van der Waals surface area contributed by atoms with Crippen molar-refractivity contribution in [2.24, 2.45) is 5.92 Å². The number of rotatable bonds is 2. The highest BCUT2D eigenvalue weighted by molar-refractivity contribution is 5.21. The van der Waals surface area contributed by atoms with Crippen molar-refractivity contribution in [1.82, 2.24) is 0 Å². The highest BCUT2D eigenvalue weighted by Gasteiger charge is 2.12. The van der Waals surface area contributed by atoms with E-state index in [9.17, 15) is 0 Å². The van der Waals surface area contributed by atoms with E-state index in [-0.39, 0.29) is 0 Å². The second kappa shape index (κ2) is 3.60. The van der Waals surface area contributed by atoms with Crippen molar-refractivity contribution in [2.75, 3.05) is 0 Å². The van der Waals surface area contributed by atoms with Crippen LogP contribution >= 0.6 is 0 Å².